The lowest BCUT2D eigenvalue weighted by Gasteiger charge is -2.19. The van der Waals surface area contributed by atoms with Gasteiger partial charge in [-0.2, -0.15) is 0 Å². The van der Waals surface area contributed by atoms with Gasteiger partial charge in [0.15, 0.2) is 11.8 Å². The Morgan fingerprint density at radius 1 is 1.26 bits per heavy atom. The molecule has 27 heavy (non-hydrogen) atoms. The van der Waals surface area contributed by atoms with Crippen LogP contribution in [0, 0.1) is 0 Å². The third kappa shape index (κ3) is 5.14. The predicted octanol–water partition coefficient (Wildman–Crippen LogP) is 4.13. The lowest BCUT2D eigenvalue weighted by molar-refractivity contribution is 0.604. The first-order chi connectivity index (χ1) is 13.1. The van der Waals surface area contributed by atoms with E-state index in [-0.39, 0.29) is 6.04 Å². The van der Waals surface area contributed by atoms with Gasteiger partial charge in [-0.25, -0.2) is 4.99 Å². The summed E-state index contributed by atoms with van der Waals surface area (Å²) >= 11 is 12.3. The lowest BCUT2D eigenvalue weighted by atomic mass is 10.1. The van der Waals surface area contributed by atoms with E-state index in [4.69, 9.17) is 28.2 Å². The number of aliphatic imine (C=N–C) groups is 1. The maximum Gasteiger partial charge on any atom is 0.192 e. The number of hydrogen-bond acceptors (Lipinski definition) is 3. The van der Waals surface area contributed by atoms with Gasteiger partial charge in [-0.15, -0.1) is 10.2 Å². The number of rotatable bonds is 5. The molecule has 1 aromatic heterocycles. The van der Waals surface area contributed by atoms with Crippen LogP contribution in [0.2, 0.25) is 10.0 Å². The number of nitrogens with zero attached hydrogens (tertiary/aromatic N) is 4. The van der Waals surface area contributed by atoms with E-state index >= 15 is 0 Å². The maximum absolute atomic E-state index is 6.33. The van der Waals surface area contributed by atoms with Gasteiger partial charge in [0.2, 0.25) is 0 Å². The van der Waals surface area contributed by atoms with Gasteiger partial charge < -0.3 is 15.2 Å². The molecule has 1 unspecified atom stereocenters. The molecule has 1 atom stereocenters. The van der Waals surface area contributed by atoms with Crippen LogP contribution >= 0.6 is 23.2 Å². The molecule has 0 aliphatic carbocycles. The van der Waals surface area contributed by atoms with E-state index in [1.54, 1.807) is 6.07 Å². The van der Waals surface area contributed by atoms with Crippen molar-refractivity contribution in [1.82, 2.24) is 25.4 Å². The van der Waals surface area contributed by atoms with E-state index in [0.717, 1.165) is 42.7 Å². The highest BCUT2D eigenvalue weighted by Crippen LogP contribution is 2.26. The third-order valence-electron chi connectivity index (χ3n) is 4.69. The summed E-state index contributed by atoms with van der Waals surface area (Å²) in [5.41, 5.74) is 0.975. The first-order valence-electron chi connectivity index (χ1n) is 9.49. The number of hydrogen-bond donors (Lipinski definition) is 2. The highest BCUT2D eigenvalue weighted by atomic mass is 35.5. The highest BCUT2D eigenvalue weighted by molar-refractivity contribution is 6.35. The van der Waals surface area contributed by atoms with Gasteiger partial charge in [0.1, 0.15) is 12.4 Å². The molecule has 0 amide bonds. The van der Waals surface area contributed by atoms with Crippen molar-refractivity contribution in [2.75, 3.05) is 6.54 Å². The van der Waals surface area contributed by atoms with E-state index in [1.165, 1.54) is 19.3 Å². The van der Waals surface area contributed by atoms with Crippen LogP contribution in [0.4, 0.5) is 0 Å². The summed E-state index contributed by atoms with van der Waals surface area (Å²) in [6.45, 7) is 6.33. The van der Waals surface area contributed by atoms with Crippen LogP contribution in [-0.2, 0) is 19.5 Å². The SMILES string of the molecule is CCNC(=NCc1nnc2n1CCCCC2)NC(C)c1ccc(Cl)cc1Cl. The fraction of sp³-hybridized carbons (Fsp3) is 0.526. The Morgan fingerprint density at radius 3 is 2.89 bits per heavy atom. The van der Waals surface area contributed by atoms with Gasteiger partial charge in [0.05, 0.1) is 6.04 Å². The van der Waals surface area contributed by atoms with Crippen molar-refractivity contribution in [3.05, 3.63) is 45.5 Å². The summed E-state index contributed by atoms with van der Waals surface area (Å²) < 4.78 is 2.22. The zero-order chi connectivity index (χ0) is 19.2. The standard InChI is InChI=1S/C19H26Cl2N6/c1-3-22-19(24-13(2)15-9-8-14(20)11-16(15)21)23-12-18-26-25-17-7-5-4-6-10-27(17)18/h8-9,11,13H,3-7,10,12H2,1-2H3,(H2,22,23,24). The van der Waals surface area contributed by atoms with E-state index in [2.05, 4.69) is 25.4 Å². The number of aryl methyl sites for hydroxylation is 1. The Balaban J connectivity index is 1.72. The Hall–Kier alpha value is -1.79. The van der Waals surface area contributed by atoms with Gasteiger partial charge in [0.25, 0.3) is 0 Å². The predicted molar refractivity (Wildman–Crippen MR) is 110 cm³/mol. The summed E-state index contributed by atoms with van der Waals surface area (Å²) in [4.78, 5) is 4.71. The molecule has 0 spiro atoms. The van der Waals surface area contributed by atoms with Crippen LogP contribution in [-0.4, -0.2) is 27.3 Å². The minimum absolute atomic E-state index is 0.0110. The number of fused-ring (bicyclic) bond motifs is 1. The summed E-state index contributed by atoms with van der Waals surface area (Å²) in [7, 11) is 0. The quantitative estimate of drug-likeness (QED) is 0.576. The van der Waals surface area contributed by atoms with E-state index in [0.29, 0.717) is 16.6 Å². The van der Waals surface area contributed by atoms with E-state index < -0.39 is 0 Å². The average Bonchev–Trinajstić information content (AvgIpc) is 2.86. The molecule has 1 aliphatic rings. The van der Waals surface area contributed by atoms with Crippen molar-refractivity contribution < 1.29 is 0 Å². The minimum atomic E-state index is -0.0110. The second kappa shape index (κ2) is 9.42. The second-order valence-corrected chi connectivity index (χ2v) is 7.57. The molecule has 3 rings (SSSR count). The molecular weight excluding hydrogens is 383 g/mol. The van der Waals surface area contributed by atoms with Gasteiger partial charge >= 0.3 is 0 Å². The van der Waals surface area contributed by atoms with Gasteiger partial charge in [-0.1, -0.05) is 35.7 Å². The van der Waals surface area contributed by atoms with Crippen molar-refractivity contribution >= 4 is 29.2 Å². The average molecular weight is 409 g/mol. The van der Waals surface area contributed by atoms with E-state index in [1.807, 2.05) is 26.0 Å². The first-order valence-corrected chi connectivity index (χ1v) is 10.2. The smallest absolute Gasteiger partial charge is 0.192 e. The van der Waals surface area contributed by atoms with Crippen molar-refractivity contribution in [1.29, 1.82) is 0 Å². The summed E-state index contributed by atoms with van der Waals surface area (Å²) in [5.74, 6) is 2.72. The zero-order valence-electron chi connectivity index (χ0n) is 15.8. The summed E-state index contributed by atoms with van der Waals surface area (Å²) in [5, 5.41) is 16.6. The van der Waals surface area contributed by atoms with Gasteiger partial charge in [-0.3, -0.25) is 0 Å². The molecule has 1 aliphatic heterocycles. The Labute approximate surface area is 170 Å². The van der Waals surface area contributed by atoms with Crippen LogP contribution < -0.4 is 10.6 Å². The zero-order valence-corrected chi connectivity index (χ0v) is 17.3. The molecule has 2 N–H and O–H groups in total. The van der Waals surface area contributed by atoms with Crippen molar-refractivity contribution in [3.8, 4) is 0 Å². The molecule has 6 nitrogen and oxygen atoms in total. The number of halogens is 2. The number of guanidine groups is 1. The highest BCUT2D eigenvalue weighted by Gasteiger charge is 2.15. The van der Waals surface area contributed by atoms with Crippen LogP contribution in [0.1, 0.15) is 56.4 Å². The van der Waals surface area contributed by atoms with Gasteiger partial charge in [0, 0.05) is 29.6 Å². The normalized spacial score (nSPS) is 15.8. The lowest BCUT2D eigenvalue weighted by Crippen LogP contribution is -2.38. The van der Waals surface area contributed by atoms with Crippen molar-refractivity contribution in [2.24, 2.45) is 4.99 Å². The molecule has 1 aromatic carbocycles. The second-order valence-electron chi connectivity index (χ2n) is 6.72. The maximum atomic E-state index is 6.33. The molecule has 0 fully saturated rings. The molecule has 0 bridgehead atoms. The molecule has 0 radical (unpaired) electrons. The molecule has 2 aromatic rings. The van der Waals surface area contributed by atoms with Crippen LogP contribution in [0.5, 0.6) is 0 Å². The van der Waals surface area contributed by atoms with E-state index in [9.17, 15) is 0 Å². The van der Waals surface area contributed by atoms with Crippen molar-refractivity contribution in [3.63, 3.8) is 0 Å². The largest absolute Gasteiger partial charge is 0.357 e. The monoisotopic (exact) mass is 408 g/mol. The van der Waals surface area contributed by atoms with Crippen LogP contribution in [0.15, 0.2) is 23.2 Å². The van der Waals surface area contributed by atoms with Crippen molar-refractivity contribution in [2.45, 2.75) is 58.7 Å². The van der Waals surface area contributed by atoms with Crippen LogP contribution in [0.3, 0.4) is 0 Å². The molecule has 2 heterocycles. The summed E-state index contributed by atoms with van der Waals surface area (Å²) in [6, 6.07) is 5.52. The summed E-state index contributed by atoms with van der Waals surface area (Å²) in [6.07, 6.45) is 4.61. The minimum Gasteiger partial charge on any atom is -0.357 e. The number of aromatic nitrogens is 3. The topological polar surface area (TPSA) is 67.1 Å². The fourth-order valence-electron chi connectivity index (χ4n) is 3.27. The number of nitrogens with one attached hydrogen (secondary N) is 2. The molecule has 146 valence electrons. The van der Waals surface area contributed by atoms with Gasteiger partial charge in [-0.05, 0) is 44.4 Å². The Morgan fingerprint density at radius 2 is 2.11 bits per heavy atom. The molecule has 0 saturated heterocycles. The molecular formula is C19H26Cl2N6. The molecule has 8 heteroatoms. The Bertz CT molecular complexity index is 801. The number of benzene rings is 1. The third-order valence-corrected chi connectivity index (χ3v) is 5.25. The Kier molecular flexibility index (Phi) is 6.96. The van der Waals surface area contributed by atoms with Crippen LogP contribution in [0.25, 0.3) is 0 Å². The fourth-order valence-corrected chi connectivity index (χ4v) is 3.84. The first kappa shape index (κ1) is 20.0. The molecule has 0 saturated carbocycles.